The molecule has 148 valence electrons. The molecule has 2 fully saturated rings. The molecule has 2 aromatic rings. The topological polar surface area (TPSA) is 44.8 Å². The lowest BCUT2D eigenvalue weighted by molar-refractivity contribution is -0.125. The van der Waals surface area contributed by atoms with Gasteiger partial charge in [0.25, 0.3) is 0 Å². The fourth-order valence-electron chi connectivity index (χ4n) is 4.55. The number of anilines is 1. The molecule has 28 heavy (non-hydrogen) atoms. The third-order valence-electron chi connectivity index (χ3n) is 6.18. The van der Waals surface area contributed by atoms with Crippen molar-refractivity contribution in [3.8, 4) is 5.75 Å². The van der Waals surface area contributed by atoms with Crippen molar-refractivity contribution >= 4 is 11.6 Å². The maximum atomic E-state index is 12.8. The highest BCUT2D eigenvalue weighted by Crippen LogP contribution is 2.40. The molecule has 5 nitrogen and oxygen atoms in total. The molecule has 1 spiro atoms. The smallest absolute Gasteiger partial charge is 0.247 e. The number of nitrogens with one attached hydrogen (secondary N) is 1. The number of rotatable bonds is 6. The molecular weight excluding hydrogens is 350 g/mol. The lowest BCUT2D eigenvalue weighted by Gasteiger charge is -2.43. The second-order valence-corrected chi connectivity index (χ2v) is 7.73. The van der Waals surface area contributed by atoms with Crippen LogP contribution in [0, 0.1) is 0 Å². The summed E-state index contributed by atoms with van der Waals surface area (Å²) in [5.41, 5.74) is 1.94. The molecule has 1 amide bonds. The second-order valence-electron chi connectivity index (χ2n) is 7.73. The molecule has 0 aromatic heterocycles. The van der Waals surface area contributed by atoms with Crippen molar-refractivity contribution < 1.29 is 9.53 Å². The molecule has 0 unspecified atom stereocenters. The van der Waals surface area contributed by atoms with Gasteiger partial charge in [0.2, 0.25) is 5.91 Å². The zero-order valence-electron chi connectivity index (χ0n) is 16.6. The van der Waals surface area contributed by atoms with Crippen LogP contribution in [0.1, 0.15) is 24.8 Å². The minimum Gasteiger partial charge on any atom is -0.495 e. The number of hydrogen-bond acceptors (Lipinski definition) is 4. The summed E-state index contributed by atoms with van der Waals surface area (Å²) in [6.45, 7) is 3.54. The highest BCUT2D eigenvalue weighted by Gasteiger charge is 2.50. The van der Waals surface area contributed by atoms with Gasteiger partial charge in [-0.25, -0.2) is 0 Å². The first-order valence-electron chi connectivity index (χ1n) is 10.2. The van der Waals surface area contributed by atoms with Crippen molar-refractivity contribution in [1.29, 1.82) is 0 Å². The van der Waals surface area contributed by atoms with E-state index in [0.717, 1.165) is 56.8 Å². The SMILES string of the molecule is COc1ccccc1N1CNC(=O)C12CCN(CCCc1ccccc1)CC2. The number of carbonyl (C=O) groups excluding carboxylic acids is 1. The normalized spacial score (nSPS) is 19.0. The summed E-state index contributed by atoms with van der Waals surface area (Å²) in [6, 6.07) is 18.6. The molecule has 0 radical (unpaired) electrons. The fourth-order valence-corrected chi connectivity index (χ4v) is 4.55. The quantitative estimate of drug-likeness (QED) is 0.838. The molecule has 0 saturated carbocycles. The van der Waals surface area contributed by atoms with Crippen LogP contribution in [0.3, 0.4) is 0 Å². The lowest BCUT2D eigenvalue weighted by Crippen LogP contribution is -2.56. The maximum Gasteiger partial charge on any atom is 0.247 e. The van der Waals surface area contributed by atoms with E-state index < -0.39 is 5.54 Å². The predicted molar refractivity (Wildman–Crippen MR) is 112 cm³/mol. The van der Waals surface area contributed by atoms with Gasteiger partial charge < -0.3 is 19.9 Å². The summed E-state index contributed by atoms with van der Waals surface area (Å²) in [7, 11) is 1.69. The Morgan fingerprint density at radius 1 is 1.04 bits per heavy atom. The first-order valence-corrected chi connectivity index (χ1v) is 10.2. The summed E-state index contributed by atoms with van der Waals surface area (Å²) in [5.74, 6) is 0.978. The first-order chi connectivity index (χ1) is 13.7. The van der Waals surface area contributed by atoms with E-state index in [1.54, 1.807) is 7.11 Å². The van der Waals surface area contributed by atoms with Gasteiger partial charge in [0.05, 0.1) is 19.5 Å². The lowest BCUT2D eigenvalue weighted by atomic mass is 9.85. The van der Waals surface area contributed by atoms with Crippen LogP contribution in [-0.4, -0.2) is 49.8 Å². The maximum absolute atomic E-state index is 12.8. The van der Waals surface area contributed by atoms with Gasteiger partial charge in [-0.3, -0.25) is 4.79 Å². The monoisotopic (exact) mass is 379 g/mol. The number of carbonyl (C=O) groups is 1. The summed E-state index contributed by atoms with van der Waals surface area (Å²) < 4.78 is 5.55. The average Bonchev–Trinajstić information content (AvgIpc) is 3.06. The molecule has 4 rings (SSSR count). The molecule has 2 aliphatic rings. The molecule has 0 aliphatic carbocycles. The van der Waals surface area contributed by atoms with Crippen LogP contribution in [-0.2, 0) is 11.2 Å². The molecule has 2 saturated heterocycles. The summed E-state index contributed by atoms with van der Waals surface area (Å²) >= 11 is 0. The summed E-state index contributed by atoms with van der Waals surface area (Å²) in [5, 5.41) is 3.07. The standard InChI is InChI=1S/C23H29N3O2/c1-28-21-12-6-5-11-20(21)26-18-24-22(27)23(26)13-16-25(17-14-23)15-7-10-19-8-3-2-4-9-19/h2-6,8-9,11-12H,7,10,13-18H2,1H3,(H,24,27). The number of hydrogen-bond donors (Lipinski definition) is 1. The van der Waals surface area contributed by atoms with Gasteiger partial charge in [0.15, 0.2) is 0 Å². The van der Waals surface area contributed by atoms with Crippen LogP contribution in [0.15, 0.2) is 54.6 Å². The third-order valence-corrected chi connectivity index (χ3v) is 6.18. The number of aryl methyl sites for hydroxylation is 1. The van der Waals surface area contributed by atoms with Gasteiger partial charge in [-0.1, -0.05) is 42.5 Å². The van der Waals surface area contributed by atoms with E-state index in [1.807, 2.05) is 24.3 Å². The van der Waals surface area contributed by atoms with Gasteiger partial charge >= 0.3 is 0 Å². The van der Waals surface area contributed by atoms with Crippen molar-refractivity contribution in [1.82, 2.24) is 10.2 Å². The molecule has 2 heterocycles. The number of benzene rings is 2. The van der Waals surface area contributed by atoms with Crippen molar-refractivity contribution in [2.45, 2.75) is 31.2 Å². The molecule has 0 atom stereocenters. The van der Waals surface area contributed by atoms with E-state index in [2.05, 4.69) is 45.4 Å². The minimum absolute atomic E-state index is 0.155. The molecule has 1 N–H and O–H groups in total. The Morgan fingerprint density at radius 2 is 1.75 bits per heavy atom. The number of methoxy groups -OCH3 is 1. The van der Waals surface area contributed by atoms with Crippen molar-refractivity contribution in [2.75, 3.05) is 38.3 Å². The van der Waals surface area contributed by atoms with Crippen LogP contribution in [0.25, 0.3) is 0 Å². The largest absolute Gasteiger partial charge is 0.495 e. The van der Waals surface area contributed by atoms with Crippen LogP contribution >= 0.6 is 0 Å². The number of para-hydroxylation sites is 2. The Kier molecular flexibility index (Phi) is 5.53. The van der Waals surface area contributed by atoms with E-state index in [-0.39, 0.29) is 5.91 Å². The van der Waals surface area contributed by atoms with Gasteiger partial charge in [-0.05, 0) is 49.9 Å². The molecule has 2 aromatic carbocycles. The van der Waals surface area contributed by atoms with Gasteiger partial charge in [0, 0.05) is 13.1 Å². The molecule has 5 heteroatoms. The Bertz CT molecular complexity index is 801. The Morgan fingerprint density at radius 3 is 2.50 bits per heavy atom. The van der Waals surface area contributed by atoms with Crippen molar-refractivity contribution in [2.24, 2.45) is 0 Å². The first kappa shape index (κ1) is 18.8. The van der Waals surface area contributed by atoms with Crippen LogP contribution in [0.4, 0.5) is 5.69 Å². The van der Waals surface area contributed by atoms with Gasteiger partial charge in [0.1, 0.15) is 11.3 Å². The number of amides is 1. The van der Waals surface area contributed by atoms with Gasteiger partial charge in [-0.2, -0.15) is 0 Å². The second kappa shape index (κ2) is 8.23. The van der Waals surface area contributed by atoms with Gasteiger partial charge in [-0.15, -0.1) is 0 Å². The van der Waals surface area contributed by atoms with Crippen LogP contribution in [0.5, 0.6) is 5.75 Å². The Hall–Kier alpha value is -2.53. The number of ether oxygens (including phenoxy) is 1. The summed E-state index contributed by atoms with van der Waals surface area (Å²) in [6.07, 6.45) is 3.96. The zero-order chi connectivity index (χ0) is 19.4. The average molecular weight is 380 g/mol. The highest BCUT2D eigenvalue weighted by atomic mass is 16.5. The third kappa shape index (κ3) is 3.59. The minimum atomic E-state index is -0.454. The van der Waals surface area contributed by atoms with Crippen molar-refractivity contribution in [3.05, 3.63) is 60.2 Å². The van der Waals surface area contributed by atoms with E-state index in [9.17, 15) is 4.79 Å². The zero-order valence-corrected chi connectivity index (χ0v) is 16.6. The molecule has 2 aliphatic heterocycles. The number of likely N-dealkylation sites (tertiary alicyclic amines) is 1. The molecular formula is C23H29N3O2. The van der Waals surface area contributed by atoms with E-state index in [0.29, 0.717) is 6.67 Å². The highest BCUT2D eigenvalue weighted by molar-refractivity contribution is 5.94. The van der Waals surface area contributed by atoms with Crippen molar-refractivity contribution in [3.63, 3.8) is 0 Å². The molecule has 0 bridgehead atoms. The fraction of sp³-hybridized carbons (Fsp3) is 0.435. The van der Waals surface area contributed by atoms with E-state index in [1.165, 1.54) is 5.56 Å². The van der Waals surface area contributed by atoms with E-state index >= 15 is 0 Å². The summed E-state index contributed by atoms with van der Waals surface area (Å²) in [4.78, 5) is 17.5. The number of piperidine rings is 1. The Balaban J connectivity index is 1.39. The number of nitrogens with zero attached hydrogens (tertiary/aromatic N) is 2. The predicted octanol–water partition coefficient (Wildman–Crippen LogP) is 3.06. The van der Waals surface area contributed by atoms with Crippen LogP contribution < -0.4 is 15.0 Å². The van der Waals surface area contributed by atoms with E-state index in [4.69, 9.17) is 4.74 Å². The van der Waals surface area contributed by atoms with Crippen LogP contribution in [0.2, 0.25) is 0 Å². The Labute approximate surface area is 167 Å².